The molecule has 1 aliphatic rings. The molecule has 0 aliphatic carbocycles. The second kappa shape index (κ2) is 6.16. The van der Waals surface area contributed by atoms with Gasteiger partial charge in [0.2, 0.25) is 0 Å². The van der Waals surface area contributed by atoms with Crippen molar-refractivity contribution in [2.75, 3.05) is 37.8 Å². The molecule has 0 bridgehead atoms. The number of benzene rings is 1. The second-order valence-corrected chi connectivity index (χ2v) is 5.08. The highest BCUT2D eigenvalue weighted by Gasteiger charge is 2.09. The van der Waals surface area contributed by atoms with Gasteiger partial charge in [-0.2, -0.15) is 0 Å². The smallest absolute Gasteiger partial charge is 0.0341 e. The van der Waals surface area contributed by atoms with Gasteiger partial charge in [0.1, 0.15) is 0 Å². The molecule has 3 heteroatoms. The molecule has 1 fully saturated rings. The van der Waals surface area contributed by atoms with E-state index < -0.39 is 0 Å². The Morgan fingerprint density at radius 3 is 2.50 bits per heavy atom. The molecule has 0 amide bonds. The van der Waals surface area contributed by atoms with Crippen LogP contribution in [0.5, 0.6) is 0 Å². The zero-order valence-corrected chi connectivity index (χ0v) is 10.7. The van der Waals surface area contributed by atoms with Crippen LogP contribution < -0.4 is 5.32 Å². The molecule has 1 aliphatic heterocycles. The number of anilines is 1. The number of nitrogens with zero attached hydrogens (tertiary/aromatic N) is 1. The van der Waals surface area contributed by atoms with Crippen molar-refractivity contribution < 1.29 is 0 Å². The zero-order valence-electron chi connectivity index (χ0n) is 9.91. The van der Waals surface area contributed by atoms with Gasteiger partial charge >= 0.3 is 0 Å². The largest absolute Gasteiger partial charge is 0.384 e. The van der Waals surface area contributed by atoms with Gasteiger partial charge in [-0.25, -0.2) is 0 Å². The van der Waals surface area contributed by atoms with Crippen LogP contribution >= 0.6 is 11.8 Å². The van der Waals surface area contributed by atoms with Gasteiger partial charge in [0, 0.05) is 23.7 Å². The van der Waals surface area contributed by atoms with Crippen LogP contribution in [0.3, 0.4) is 0 Å². The van der Waals surface area contributed by atoms with Crippen LogP contribution in [0, 0.1) is 0 Å². The summed E-state index contributed by atoms with van der Waals surface area (Å²) in [7, 11) is 0. The number of nitrogens with one attached hydrogen (secondary N) is 1. The molecule has 2 rings (SSSR count). The SMILES string of the molecule is CSc1ccc(NCCN2CCCC2)cc1. The standard InChI is InChI=1S/C13H20N2S/c1-16-13-6-4-12(5-7-13)14-8-11-15-9-2-3-10-15/h4-7,14H,2-3,8-11H2,1H3. The van der Waals surface area contributed by atoms with Gasteiger partial charge in [0.15, 0.2) is 0 Å². The minimum absolute atomic E-state index is 1.05. The number of hydrogen-bond acceptors (Lipinski definition) is 3. The van der Waals surface area contributed by atoms with Crippen molar-refractivity contribution in [3.05, 3.63) is 24.3 Å². The average Bonchev–Trinajstić information content (AvgIpc) is 2.83. The lowest BCUT2D eigenvalue weighted by molar-refractivity contribution is 0.352. The number of thioether (sulfide) groups is 1. The van der Waals surface area contributed by atoms with Crippen LogP contribution in [0.25, 0.3) is 0 Å². The third kappa shape index (κ3) is 3.42. The Balaban J connectivity index is 1.71. The van der Waals surface area contributed by atoms with Crippen molar-refractivity contribution in [1.29, 1.82) is 0 Å². The van der Waals surface area contributed by atoms with Gasteiger partial charge in [0.05, 0.1) is 0 Å². The minimum Gasteiger partial charge on any atom is -0.384 e. The molecule has 1 N–H and O–H groups in total. The molecular weight excluding hydrogens is 216 g/mol. The van der Waals surface area contributed by atoms with Gasteiger partial charge in [-0.3, -0.25) is 0 Å². The molecule has 1 aromatic carbocycles. The summed E-state index contributed by atoms with van der Waals surface area (Å²) >= 11 is 1.79. The number of likely N-dealkylation sites (tertiary alicyclic amines) is 1. The van der Waals surface area contributed by atoms with E-state index in [0.29, 0.717) is 0 Å². The average molecular weight is 236 g/mol. The Bertz CT molecular complexity index is 304. The number of hydrogen-bond donors (Lipinski definition) is 1. The Hall–Kier alpha value is -0.670. The van der Waals surface area contributed by atoms with Crippen molar-refractivity contribution in [2.45, 2.75) is 17.7 Å². The van der Waals surface area contributed by atoms with Crippen LogP contribution in [-0.2, 0) is 0 Å². The predicted molar refractivity (Wildman–Crippen MR) is 72.4 cm³/mol. The van der Waals surface area contributed by atoms with Gasteiger partial charge < -0.3 is 10.2 Å². The lowest BCUT2D eigenvalue weighted by Crippen LogP contribution is -2.25. The summed E-state index contributed by atoms with van der Waals surface area (Å²) in [6.45, 7) is 4.79. The van der Waals surface area contributed by atoms with Gasteiger partial charge in [0.25, 0.3) is 0 Å². The van der Waals surface area contributed by atoms with Crippen LogP contribution in [0.4, 0.5) is 5.69 Å². The maximum Gasteiger partial charge on any atom is 0.0341 e. The van der Waals surface area contributed by atoms with Gasteiger partial charge in [-0.15, -0.1) is 11.8 Å². The third-order valence-electron chi connectivity index (χ3n) is 3.05. The summed E-state index contributed by atoms with van der Waals surface area (Å²) in [4.78, 5) is 3.86. The van der Waals surface area contributed by atoms with Crippen molar-refractivity contribution in [1.82, 2.24) is 4.90 Å². The Morgan fingerprint density at radius 1 is 1.19 bits per heavy atom. The van der Waals surface area contributed by atoms with E-state index in [1.54, 1.807) is 11.8 Å². The lowest BCUT2D eigenvalue weighted by Gasteiger charge is -2.15. The molecule has 1 aromatic rings. The van der Waals surface area contributed by atoms with Crippen molar-refractivity contribution in [2.24, 2.45) is 0 Å². The van der Waals surface area contributed by atoms with Crippen LogP contribution in [-0.4, -0.2) is 37.3 Å². The summed E-state index contributed by atoms with van der Waals surface area (Å²) in [6.07, 6.45) is 4.86. The normalized spacial score (nSPS) is 16.6. The van der Waals surface area contributed by atoms with Gasteiger partial charge in [-0.05, 0) is 56.5 Å². The first-order valence-corrected chi connectivity index (χ1v) is 7.21. The summed E-state index contributed by atoms with van der Waals surface area (Å²) < 4.78 is 0. The predicted octanol–water partition coefficient (Wildman–Crippen LogP) is 2.92. The molecule has 88 valence electrons. The number of rotatable bonds is 5. The monoisotopic (exact) mass is 236 g/mol. The molecule has 0 aromatic heterocycles. The highest BCUT2D eigenvalue weighted by Crippen LogP contribution is 2.17. The first-order chi connectivity index (χ1) is 7.88. The van der Waals surface area contributed by atoms with Crippen molar-refractivity contribution in [3.8, 4) is 0 Å². The Labute approximate surface area is 102 Å². The van der Waals surface area contributed by atoms with E-state index in [9.17, 15) is 0 Å². The molecule has 0 atom stereocenters. The zero-order chi connectivity index (χ0) is 11.2. The summed E-state index contributed by atoms with van der Waals surface area (Å²) in [5, 5.41) is 3.47. The van der Waals surface area contributed by atoms with E-state index in [1.807, 2.05) is 0 Å². The molecule has 0 radical (unpaired) electrons. The van der Waals surface area contributed by atoms with E-state index in [2.05, 4.69) is 40.7 Å². The van der Waals surface area contributed by atoms with E-state index in [-0.39, 0.29) is 0 Å². The first-order valence-electron chi connectivity index (χ1n) is 5.99. The third-order valence-corrected chi connectivity index (χ3v) is 3.79. The molecule has 0 unspecified atom stereocenters. The van der Waals surface area contributed by atoms with E-state index in [1.165, 1.54) is 43.1 Å². The second-order valence-electron chi connectivity index (χ2n) is 4.20. The summed E-state index contributed by atoms with van der Waals surface area (Å²) in [5.74, 6) is 0. The first kappa shape index (κ1) is 11.8. The molecule has 1 heterocycles. The fraction of sp³-hybridized carbons (Fsp3) is 0.538. The lowest BCUT2D eigenvalue weighted by atomic mass is 10.3. The van der Waals surface area contributed by atoms with Crippen LogP contribution in [0.1, 0.15) is 12.8 Å². The molecular formula is C13H20N2S. The van der Waals surface area contributed by atoms with Crippen molar-refractivity contribution >= 4 is 17.4 Å². The quantitative estimate of drug-likeness (QED) is 0.791. The molecule has 0 saturated carbocycles. The van der Waals surface area contributed by atoms with Gasteiger partial charge in [-0.1, -0.05) is 0 Å². The minimum atomic E-state index is 1.05. The maximum absolute atomic E-state index is 3.47. The molecule has 16 heavy (non-hydrogen) atoms. The maximum atomic E-state index is 3.47. The Kier molecular flexibility index (Phi) is 4.55. The summed E-state index contributed by atoms with van der Waals surface area (Å²) in [5.41, 5.74) is 1.23. The van der Waals surface area contributed by atoms with Crippen LogP contribution in [0.2, 0.25) is 0 Å². The topological polar surface area (TPSA) is 15.3 Å². The fourth-order valence-corrected chi connectivity index (χ4v) is 2.48. The Morgan fingerprint density at radius 2 is 1.88 bits per heavy atom. The van der Waals surface area contributed by atoms with E-state index in [4.69, 9.17) is 0 Å². The fourth-order valence-electron chi connectivity index (χ4n) is 2.07. The molecule has 2 nitrogen and oxygen atoms in total. The molecule has 0 spiro atoms. The van der Waals surface area contributed by atoms with E-state index in [0.717, 1.165) is 6.54 Å². The highest BCUT2D eigenvalue weighted by molar-refractivity contribution is 7.98. The highest BCUT2D eigenvalue weighted by atomic mass is 32.2. The van der Waals surface area contributed by atoms with Crippen molar-refractivity contribution in [3.63, 3.8) is 0 Å². The van der Waals surface area contributed by atoms with E-state index >= 15 is 0 Å². The van der Waals surface area contributed by atoms with Crippen LogP contribution in [0.15, 0.2) is 29.2 Å². The molecule has 1 saturated heterocycles. The summed E-state index contributed by atoms with van der Waals surface area (Å²) in [6, 6.07) is 8.66.